The first-order valence-corrected chi connectivity index (χ1v) is 7.11. The van der Waals surface area contributed by atoms with Gasteiger partial charge in [-0.1, -0.05) is 27.2 Å². The number of hydrogen-bond donors (Lipinski definition) is 1. The van der Waals surface area contributed by atoms with Crippen LogP contribution in [-0.2, 0) is 0 Å². The molecule has 1 saturated carbocycles. The van der Waals surface area contributed by atoms with Gasteiger partial charge in [0.1, 0.15) is 0 Å². The molecule has 0 amide bonds. The second-order valence-electron chi connectivity index (χ2n) is 6.25. The van der Waals surface area contributed by atoms with Gasteiger partial charge in [-0.15, -0.1) is 0 Å². The monoisotopic (exact) mass is 224 g/mol. The first kappa shape index (κ1) is 12.4. The maximum absolute atomic E-state index is 3.70. The Morgan fingerprint density at radius 2 is 2.12 bits per heavy atom. The van der Waals surface area contributed by atoms with E-state index in [-0.39, 0.29) is 0 Å². The van der Waals surface area contributed by atoms with Crippen molar-refractivity contribution in [3.05, 3.63) is 0 Å². The average Bonchev–Trinajstić information content (AvgIpc) is 2.99. The lowest BCUT2D eigenvalue weighted by atomic mass is 10.00. The second kappa shape index (κ2) is 5.05. The van der Waals surface area contributed by atoms with E-state index in [1.807, 2.05) is 0 Å². The Balaban J connectivity index is 1.86. The van der Waals surface area contributed by atoms with Crippen LogP contribution in [0.1, 0.15) is 47.0 Å². The predicted octanol–water partition coefficient (Wildman–Crippen LogP) is 2.49. The lowest BCUT2D eigenvalue weighted by Crippen LogP contribution is -2.56. The minimum atomic E-state index is 0.731. The molecule has 4 atom stereocenters. The van der Waals surface area contributed by atoms with Crippen LogP contribution in [0.15, 0.2) is 0 Å². The van der Waals surface area contributed by atoms with Crippen LogP contribution < -0.4 is 5.32 Å². The molecule has 2 heteroatoms. The molecule has 0 spiro atoms. The van der Waals surface area contributed by atoms with Crippen molar-refractivity contribution in [3.63, 3.8) is 0 Å². The van der Waals surface area contributed by atoms with Crippen LogP contribution in [0.3, 0.4) is 0 Å². The smallest absolute Gasteiger partial charge is 0.0198 e. The Bertz CT molecular complexity index is 227. The molecule has 2 rings (SSSR count). The molecule has 1 N–H and O–H groups in total. The van der Waals surface area contributed by atoms with Crippen molar-refractivity contribution >= 4 is 0 Å². The van der Waals surface area contributed by atoms with E-state index in [9.17, 15) is 0 Å². The fourth-order valence-electron chi connectivity index (χ4n) is 3.22. The van der Waals surface area contributed by atoms with Crippen LogP contribution in [-0.4, -0.2) is 36.1 Å². The lowest BCUT2D eigenvalue weighted by molar-refractivity contribution is 0.118. The summed E-state index contributed by atoms with van der Waals surface area (Å²) in [5.74, 6) is 1.81. The van der Waals surface area contributed by atoms with Gasteiger partial charge < -0.3 is 5.32 Å². The van der Waals surface area contributed by atoms with Crippen molar-refractivity contribution in [1.29, 1.82) is 0 Å². The van der Waals surface area contributed by atoms with Gasteiger partial charge >= 0.3 is 0 Å². The molecule has 1 saturated heterocycles. The van der Waals surface area contributed by atoms with Gasteiger partial charge in [-0.25, -0.2) is 0 Å². The fraction of sp³-hybridized carbons (Fsp3) is 1.00. The van der Waals surface area contributed by atoms with Gasteiger partial charge in [0, 0.05) is 31.2 Å². The topological polar surface area (TPSA) is 15.3 Å². The molecule has 94 valence electrons. The number of piperazine rings is 1. The minimum Gasteiger partial charge on any atom is -0.311 e. The molecular weight excluding hydrogens is 196 g/mol. The van der Waals surface area contributed by atoms with Gasteiger partial charge in [0.25, 0.3) is 0 Å². The zero-order chi connectivity index (χ0) is 11.7. The van der Waals surface area contributed by atoms with Crippen molar-refractivity contribution < 1.29 is 0 Å². The highest BCUT2D eigenvalue weighted by Gasteiger charge is 2.43. The first-order chi connectivity index (χ1) is 7.61. The van der Waals surface area contributed by atoms with E-state index >= 15 is 0 Å². The molecule has 2 fully saturated rings. The molecule has 1 heterocycles. The summed E-state index contributed by atoms with van der Waals surface area (Å²) < 4.78 is 0. The highest BCUT2D eigenvalue weighted by atomic mass is 15.3. The summed E-state index contributed by atoms with van der Waals surface area (Å²) in [6, 6.07) is 2.39. The van der Waals surface area contributed by atoms with E-state index in [1.165, 1.54) is 32.4 Å². The molecular formula is C14H28N2. The maximum Gasteiger partial charge on any atom is 0.0198 e. The van der Waals surface area contributed by atoms with Gasteiger partial charge in [0.2, 0.25) is 0 Å². The largest absolute Gasteiger partial charge is 0.311 e. The molecule has 16 heavy (non-hydrogen) atoms. The van der Waals surface area contributed by atoms with Crippen molar-refractivity contribution in [3.8, 4) is 0 Å². The third-order valence-corrected chi connectivity index (χ3v) is 4.29. The van der Waals surface area contributed by atoms with Crippen LogP contribution in [0.2, 0.25) is 0 Å². The quantitative estimate of drug-likeness (QED) is 0.789. The Labute approximate surface area is 101 Å². The number of hydrogen-bond acceptors (Lipinski definition) is 2. The molecule has 0 aromatic rings. The van der Waals surface area contributed by atoms with E-state index in [4.69, 9.17) is 0 Å². The van der Waals surface area contributed by atoms with Gasteiger partial charge in [-0.3, -0.25) is 4.90 Å². The van der Waals surface area contributed by atoms with Gasteiger partial charge in [-0.05, 0) is 31.6 Å². The van der Waals surface area contributed by atoms with Gasteiger partial charge in [0.15, 0.2) is 0 Å². The number of nitrogens with one attached hydrogen (secondary N) is 1. The third-order valence-electron chi connectivity index (χ3n) is 4.29. The zero-order valence-corrected chi connectivity index (χ0v) is 11.4. The van der Waals surface area contributed by atoms with Gasteiger partial charge in [-0.2, -0.15) is 0 Å². The van der Waals surface area contributed by atoms with Crippen molar-refractivity contribution in [1.82, 2.24) is 10.2 Å². The van der Waals surface area contributed by atoms with Crippen LogP contribution in [0, 0.1) is 11.8 Å². The predicted molar refractivity (Wildman–Crippen MR) is 69.6 cm³/mol. The van der Waals surface area contributed by atoms with E-state index in [2.05, 4.69) is 37.9 Å². The Morgan fingerprint density at radius 3 is 2.69 bits per heavy atom. The molecule has 4 unspecified atom stereocenters. The lowest BCUT2D eigenvalue weighted by Gasteiger charge is -2.40. The summed E-state index contributed by atoms with van der Waals surface area (Å²) in [6.45, 7) is 11.8. The van der Waals surface area contributed by atoms with Crippen LogP contribution in [0.4, 0.5) is 0 Å². The SMILES string of the molecule is CCC1CC1N1CC(CC(C)C)NCC1C. The summed E-state index contributed by atoms with van der Waals surface area (Å²) in [5, 5.41) is 3.70. The van der Waals surface area contributed by atoms with Crippen molar-refractivity contribution in [2.75, 3.05) is 13.1 Å². The summed E-state index contributed by atoms with van der Waals surface area (Å²) in [5.41, 5.74) is 0. The molecule has 0 radical (unpaired) electrons. The molecule has 0 bridgehead atoms. The fourth-order valence-corrected chi connectivity index (χ4v) is 3.22. The molecule has 1 aliphatic carbocycles. The average molecular weight is 224 g/mol. The Kier molecular flexibility index (Phi) is 3.91. The summed E-state index contributed by atoms with van der Waals surface area (Å²) in [7, 11) is 0. The maximum atomic E-state index is 3.70. The minimum absolute atomic E-state index is 0.731. The van der Waals surface area contributed by atoms with Gasteiger partial charge in [0.05, 0.1) is 0 Å². The zero-order valence-electron chi connectivity index (χ0n) is 11.4. The van der Waals surface area contributed by atoms with Crippen molar-refractivity contribution in [2.45, 2.75) is 65.1 Å². The Hall–Kier alpha value is -0.0800. The van der Waals surface area contributed by atoms with E-state index in [1.54, 1.807) is 0 Å². The molecule has 0 aromatic carbocycles. The van der Waals surface area contributed by atoms with E-state index in [0.29, 0.717) is 0 Å². The molecule has 2 nitrogen and oxygen atoms in total. The standard InChI is InChI=1S/C14H28N2/c1-5-12-7-14(12)16-9-13(6-10(2)3)15-8-11(16)4/h10-15H,5-9H2,1-4H3. The third kappa shape index (κ3) is 2.78. The van der Waals surface area contributed by atoms with Crippen LogP contribution in [0.5, 0.6) is 0 Å². The number of nitrogens with zero attached hydrogens (tertiary/aromatic N) is 1. The molecule has 0 aromatic heterocycles. The highest BCUT2D eigenvalue weighted by molar-refractivity contribution is 4.99. The van der Waals surface area contributed by atoms with E-state index < -0.39 is 0 Å². The van der Waals surface area contributed by atoms with Crippen molar-refractivity contribution in [2.24, 2.45) is 11.8 Å². The normalized spacial score (nSPS) is 40.3. The number of rotatable bonds is 4. The first-order valence-electron chi connectivity index (χ1n) is 7.11. The summed E-state index contributed by atoms with van der Waals surface area (Å²) in [4.78, 5) is 2.78. The van der Waals surface area contributed by atoms with Crippen LogP contribution >= 0.6 is 0 Å². The summed E-state index contributed by atoms with van der Waals surface area (Å²) in [6.07, 6.45) is 4.15. The highest BCUT2D eigenvalue weighted by Crippen LogP contribution is 2.40. The molecule has 1 aliphatic heterocycles. The van der Waals surface area contributed by atoms with Crippen LogP contribution in [0.25, 0.3) is 0 Å². The van der Waals surface area contributed by atoms with E-state index in [0.717, 1.165) is 30.0 Å². The summed E-state index contributed by atoms with van der Waals surface area (Å²) >= 11 is 0. The Morgan fingerprint density at radius 1 is 1.38 bits per heavy atom. The second-order valence-corrected chi connectivity index (χ2v) is 6.25. The molecule has 2 aliphatic rings.